The molecule has 0 unspecified atom stereocenters. The molecule has 0 fully saturated rings. The van der Waals surface area contributed by atoms with Gasteiger partial charge in [0.1, 0.15) is 5.78 Å². The summed E-state index contributed by atoms with van der Waals surface area (Å²) in [6.07, 6.45) is -9.78. The topological polar surface area (TPSA) is 34.1 Å². The highest BCUT2D eigenvalue weighted by Gasteiger charge is 2.75. The fourth-order valence-electron chi connectivity index (χ4n) is 0.743. The molecule has 0 N–H and O–H groups in total. The minimum atomic E-state index is -7.00. The predicted molar refractivity (Wildman–Crippen MR) is 50.0 cm³/mol. The first-order valence-electron chi connectivity index (χ1n) is 8.69. The molecule has 0 aromatic heterocycles. The zero-order valence-corrected chi connectivity index (χ0v) is 8.67. The highest BCUT2D eigenvalue weighted by molar-refractivity contribution is 6.04. The lowest BCUT2D eigenvalue weighted by molar-refractivity contribution is -0.343. The van der Waals surface area contributed by atoms with E-state index in [4.69, 9.17) is 12.3 Å². The van der Waals surface area contributed by atoms with Gasteiger partial charge in [-0.3, -0.25) is 9.59 Å². The zero-order valence-electron chi connectivity index (χ0n) is 17.7. The second kappa shape index (κ2) is 4.75. The van der Waals surface area contributed by atoms with E-state index in [1.165, 1.54) is 0 Å². The van der Waals surface area contributed by atoms with Gasteiger partial charge < -0.3 is 0 Å². The van der Waals surface area contributed by atoms with E-state index in [1.54, 1.807) is 0 Å². The monoisotopic (exact) mass is 305 g/mol. The van der Waals surface area contributed by atoms with Gasteiger partial charge in [0.25, 0.3) is 0 Å². The van der Waals surface area contributed by atoms with Crippen LogP contribution in [-0.4, -0.2) is 29.6 Å². The number of rotatable bonds is 4. The number of ketones is 2. The highest BCUT2D eigenvalue weighted by atomic mass is 19.4. The van der Waals surface area contributed by atoms with Crippen LogP contribution in [0.1, 0.15) is 39.3 Å². The van der Waals surface area contributed by atoms with Crippen molar-refractivity contribution in [2.24, 2.45) is 5.41 Å². The molecule has 0 radical (unpaired) electrons. The minimum absolute atomic E-state index is 2.78. The second-order valence-corrected chi connectivity index (χ2v) is 3.42. The van der Waals surface area contributed by atoms with E-state index in [9.17, 15) is 40.3 Å². The van der Waals surface area contributed by atoms with Gasteiger partial charge in [-0.05, 0) is 0 Å². The summed E-state index contributed by atoms with van der Waals surface area (Å²) in [6, 6.07) is 0. The second-order valence-electron chi connectivity index (χ2n) is 3.42. The molecule has 0 spiro atoms. The lowest BCUT2D eigenvalue weighted by Gasteiger charge is -2.27. The van der Waals surface area contributed by atoms with Crippen molar-refractivity contribution in [1.29, 1.82) is 0 Å². The minimum Gasteiger partial charge on any atom is -0.299 e. The van der Waals surface area contributed by atoms with Crippen molar-refractivity contribution in [2.75, 3.05) is 0 Å². The van der Waals surface area contributed by atoms with E-state index in [1.807, 2.05) is 0 Å². The molecule has 0 saturated carbocycles. The first-order chi connectivity index (χ1) is 11.8. The molecule has 19 heavy (non-hydrogen) atoms. The average Bonchev–Trinajstić information content (AvgIpc) is 2.31. The van der Waals surface area contributed by atoms with Crippen molar-refractivity contribution in [1.82, 2.24) is 0 Å². The molecule has 112 valence electrons. The van der Waals surface area contributed by atoms with Crippen LogP contribution in [0.5, 0.6) is 0 Å². The van der Waals surface area contributed by atoms with Crippen LogP contribution in [0.15, 0.2) is 0 Å². The van der Waals surface area contributed by atoms with Crippen LogP contribution in [0, 0.1) is 5.41 Å². The van der Waals surface area contributed by atoms with Gasteiger partial charge in [-0.25, -0.2) is 0 Å². The van der Waals surface area contributed by atoms with Crippen molar-refractivity contribution >= 4 is 11.6 Å². The molecule has 0 aromatic carbocycles. The van der Waals surface area contributed by atoms with Gasteiger partial charge in [0.2, 0.25) is 5.78 Å². The van der Waals surface area contributed by atoms with Crippen LogP contribution >= 0.6 is 0 Å². The predicted octanol–water partition coefficient (Wildman–Crippen LogP) is 3.39. The molecule has 2 nitrogen and oxygen atoms in total. The smallest absolute Gasteiger partial charge is 0.299 e. The molecule has 9 heteroatoms. The molecular weight excluding hydrogens is 285 g/mol. The van der Waals surface area contributed by atoms with Crippen LogP contribution < -0.4 is 0 Å². The molecule has 0 aliphatic heterocycles. The van der Waals surface area contributed by atoms with E-state index in [2.05, 4.69) is 0 Å². The Morgan fingerprint density at radius 2 is 1.32 bits per heavy atom. The Labute approximate surface area is 116 Å². The van der Waals surface area contributed by atoms with E-state index in [0.717, 1.165) is 0 Å². The van der Waals surface area contributed by atoms with E-state index >= 15 is 0 Å². The maximum Gasteiger partial charge on any atom is 0.460 e. The summed E-state index contributed by atoms with van der Waals surface area (Å²) in [6.45, 7) is -12.9. The number of hydrogen-bond acceptors (Lipinski definition) is 2. The van der Waals surface area contributed by atoms with Crippen molar-refractivity contribution in [3.05, 3.63) is 0 Å². The summed E-state index contributed by atoms with van der Waals surface area (Å²) >= 11 is 0. The summed E-state index contributed by atoms with van der Waals surface area (Å²) in [5, 5.41) is 0. The number of carbonyl (C=O) groups is 2. The Morgan fingerprint density at radius 1 is 0.895 bits per heavy atom. The van der Waals surface area contributed by atoms with Crippen molar-refractivity contribution in [3.8, 4) is 0 Å². The van der Waals surface area contributed by atoms with Gasteiger partial charge in [-0.15, -0.1) is 0 Å². The van der Waals surface area contributed by atoms with Gasteiger partial charge in [-0.2, -0.15) is 30.7 Å². The number of halogens is 7. The molecule has 0 aliphatic carbocycles. The van der Waals surface area contributed by atoms with Crippen LogP contribution in [0.25, 0.3) is 0 Å². The molecular formula is C10H11F7O2. The van der Waals surface area contributed by atoms with Gasteiger partial charge in [0, 0.05) is 17.8 Å². The van der Waals surface area contributed by atoms with Crippen molar-refractivity contribution in [3.63, 3.8) is 0 Å². The average molecular weight is 305 g/mol. The number of Topliss-reactive ketones (excluding diaryl/α,β-unsaturated/α-hetero) is 2. The fraction of sp³-hybridized carbons (Fsp3) is 0.800. The Bertz CT molecular complexity index is 595. The Hall–Kier alpha value is -1.15. The molecule has 0 aliphatic rings. The quantitative estimate of drug-likeness (QED) is 0.589. The van der Waals surface area contributed by atoms with E-state index in [-0.39, 0.29) is 0 Å². The third kappa shape index (κ3) is 3.44. The molecule has 0 aromatic rings. The SMILES string of the molecule is [2H]C([2H])([2H])C(C(=O)CC(=O)C(F)(F)C(F)(F)C(F)(F)F)(C([2H])([2H])[2H])C([2H])([2H])[2H]. The van der Waals surface area contributed by atoms with Crippen molar-refractivity contribution in [2.45, 2.75) is 45.0 Å². The van der Waals surface area contributed by atoms with Gasteiger partial charge in [0.15, 0.2) is 0 Å². The van der Waals surface area contributed by atoms with Crippen molar-refractivity contribution < 1.29 is 52.7 Å². The van der Waals surface area contributed by atoms with Crippen LogP contribution in [0.2, 0.25) is 0 Å². The molecule has 0 rings (SSSR count). The highest BCUT2D eigenvalue weighted by Crippen LogP contribution is 2.47. The Balaban J connectivity index is 6.43. The van der Waals surface area contributed by atoms with Gasteiger partial charge >= 0.3 is 18.0 Å². The molecule has 0 heterocycles. The van der Waals surface area contributed by atoms with Crippen LogP contribution in [-0.2, 0) is 9.59 Å². The summed E-state index contributed by atoms with van der Waals surface area (Å²) in [5.74, 6) is -19.9. The number of hydrogen-bond donors (Lipinski definition) is 0. The Kier molecular flexibility index (Phi) is 1.90. The number of carbonyl (C=O) groups excluding carboxylic acids is 2. The maximum atomic E-state index is 13.3. The third-order valence-electron chi connectivity index (χ3n) is 1.84. The summed E-state index contributed by atoms with van der Waals surface area (Å²) in [5.41, 5.74) is -4.49. The molecule has 0 amide bonds. The lowest BCUT2D eigenvalue weighted by Crippen LogP contribution is -2.56. The fourth-order valence-corrected chi connectivity index (χ4v) is 0.743. The first-order valence-corrected chi connectivity index (χ1v) is 4.19. The van der Waals surface area contributed by atoms with Gasteiger partial charge in [-0.1, -0.05) is 20.6 Å². The number of alkyl halides is 7. The normalized spacial score (nSPS) is 23.4. The van der Waals surface area contributed by atoms with Gasteiger partial charge in [0.05, 0.1) is 6.42 Å². The van der Waals surface area contributed by atoms with Crippen LogP contribution in [0.3, 0.4) is 0 Å². The lowest BCUT2D eigenvalue weighted by atomic mass is 9.86. The molecule has 0 saturated heterocycles. The summed E-state index contributed by atoms with van der Waals surface area (Å²) < 4.78 is 152. The molecule has 0 atom stereocenters. The largest absolute Gasteiger partial charge is 0.460 e. The zero-order chi connectivity index (χ0) is 23.4. The third-order valence-corrected chi connectivity index (χ3v) is 1.84. The Morgan fingerprint density at radius 3 is 1.63 bits per heavy atom. The summed E-state index contributed by atoms with van der Waals surface area (Å²) in [7, 11) is 0. The summed E-state index contributed by atoms with van der Waals surface area (Å²) in [4.78, 5) is 23.4. The van der Waals surface area contributed by atoms with E-state index in [0.29, 0.717) is 0 Å². The molecule has 0 bridgehead atoms. The van der Waals surface area contributed by atoms with Crippen LogP contribution in [0.4, 0.5) is 30.7 Å². The standard InChI is InChI=1S/C10H11F7O2/c1-7(2,3)5(18)4-6(19)8(11,12)9(13,14)10(15,16)17/h4H2,1-3H3/i1D3,2D3,3D3. The maximum absolute atomic E-state index is 13.3. The first kappa shape index (κ1) is 7.58. The van der Waals surface area contributed by atoms with E-state index < -0.39 is 62.0 Å².